The Balaban J connectivity index is 3.95. The zero-order valence-corrected chi connectivity index (χ0v) is 10.7. The Morgan fingerprint density at radius 3 is 2.19 bits per heavy atom. The van der Waals surface area contributed by atoms with Gasteiger partial charge in [-0.3, -0.25) is 14.9 Å². The molecule has 0 radical (unpaired) electrons. The summed E-state index contributed by atoms with van der Waals surface area (Å²) in [5.41, 5.74) is 0. The van der Waals surface area contributed by atoms with Gasteiger partial charge in [0.15, 0.2) is 0 Å². The number of carbonyl (C=O) groups excluding carboxylic acids is 2. The van der Waals surface area contributed by atoms with Crippen molar-refractivity contribution in [3.63, 3.8) is 0 Å². The van der Waals surface area contributed by atoms with Gasteiger partial charge in [-0.15, -0.1) is 0 Å². The summed E-state index contributed by atoms with van der Waals surface area (Å²) in [4.78, 5) is 24.7. The van der Waals surface area contributed by atoms with Crippen molar-refractivity contribution in [3.8, 4) is 0 Å². The average molecular weight is 229 g/mol. The van der Waals surface area contributed by atoms with Gasteiger partial charge in [0.2, 0.25) is 11.8 Å². The number of rotatable bonds is 7. The quantitative estimate of drug-likeness (QED) is 0.644. The standard InChI is InChI=1S/C11H23N3O2/c1-5-12-11(16)9(4)13-8-10(15)14(6-2)7-3/h9,13H,5-8H2,1-4H3,(H,12,16). The minimum absolute atomic E-state index is 0.0288. The SMILES string of the molecule is CCNC(=O)C(C)NCC(=O)N(CC)CC. The molecule has 5 heteroatoms. The van der Waals surface area contributed by atoms with Gasteiger partial charge >= 0.3 is 0 Å². The molecule has 1 atom stereocenters. The smallest absolute Gasteiger partial charge is 0.236 e. The van der Waals surface area contributed by atoms with Gasteiger partial charge in [0.1, 0.15) is 0 Å². The van der Waals surface area contributed by atoms with Crippen molar-refractivity contribution in [1.29, 1.82) is 0 Å². The highest BCUT2D eigenvalue weighted by Crippen LogP contribution is 1.89. The van der Waals surface area contributed by atoms with Crippen LogP contribution in [-0.4, -0.2) is 48.9 Å². The molecule has 2 N–H and O–H groups in total. The molecular weight excluding hydrogens is 206 g/mol. The summed E-state index contributed by atoms with van der Waals surface area (Å²) in [6.07, 6.45) is 0. The van der Waals surface area contributed by atoms with E-state index in [1.165, 1.54) is 0 Å². The lowest BCUT2D eigenvalue weighted by molar-refractivity contribution is -0.130. The van der Waals surface area contributed by atoms with E-state index in [4.69, 9.17) is 0 Å². The Morgan fingerprint density at radius 2 is 1.75 bits per heavy atom. The van der Waals surface area contributed by atoms with E-state index in [9.17, 15) is 9.59 Å². The van der Waals surface area contributed by atoms with Crippen LogP contribution in [0.2, 0.25) is 0 Å². The van der Waals surface area contributed by atoms with Gasteiger partial charge in [0, 0.05) is 19.6 Å². The number of likely N-dealkylation sites (N-methyl/N-ethyl adjacent to an activating group) is 2. The van der Waals surface area contributed by atoms with Crippen molar-refractivity contribution in [2.24, 2.45) is 0 Å². The van der Waals surface area contributed by atoms with Gasteiger partial charge < -0.3 is 10.2 Å². The minimum Gasteiger partial charge on any atom is -0.355 e. The molecule has 0 aliphatic heterocycles. The van der Waals surface area contributed by atoms with Crippen LogP contribution in [0.4, 0.5) is 0 Å². The summed E-state index contributed by atoms with van der Waals surface area (Å²) < 4.78 is 0. The molecule has 0 bridgehead atoms. The van der Waals surface area contributed by atoms with Crippen molar-refractivity contribution >= 4 is 11.8 Å². The molecule has 0 saturated carbocycles. The first-order chi connectivity index (χ1) is 7.56. The maximum atomic E-state index is 11.6. The maximum absolute atomic E-state index is 11.6. The van der Waals surface area contributed by atoms with Crippen LogP contribution >= 0.6 is 0 Å². The van der Waals surface area contributed by atoms with Gasteiger partial charge in [0.25, 0.3) is 0 Å². The highest BCUT2D eigenvalue weighted by molar-refractivity contribution is 5.83. The van der Waals surface area contributed by atoms with Crippen LogP contribution in [-0.2, 0) is 9.59 Å². The summed E-state index contributed by atoms with van der Waals surface area (Å²) in [7, 11) is 0. The normalized spacial score (nSPS) is 12.0. The lowest BCUT2D eigenvalue weighted by Gasteiger charge is -2.20. The number of nitrogens with zero attached hydrogens (tertiary/aromatic N) is 1. The molecule has 0 rings (SSSR count). The van der Waals surface area contributed by atoms with Crippen LogP contribution in [0.3, 0.4) is 0 Å². The van der Waals surface area contributed by atoms with Gasteiger partial charge in [-0.25, -0.2) is 0 Å². The molecule has 0 fully saturated rings. The first kappa shape index (κ1) is 14.9. The Kier molecular flexibility index (Phi) is 7.54. The van der Waals surface area contributed by atoms with E-state index in [1.54, 1.807) is 11.8 Å². The van der Waals surface area contributed by atoms with Crippen molar-refractivity contribution in [2.75, 3.05) is 26.2 Å². The molecule has 0 aromatic rings. The molecule has 5 nitrogen and oxygen atoms in total. The lowest BCUT2D eigenvalue weighted by atomic mass is 10.3. The van der Waals surface area contributed by atoms with E-state index < -0.39 is 0 Å². The van der Waals surface area contributed by atoms with Crippen LogP contribution in [0.15, 0.2) is 0 Å². The van der Waals surface area contributed by atoms with E-state index in [-0.39, 0.29) is 24.4 Å². The van der Waals surface area contributed by atoms with Gasteiger partial charge in [-0.1, -0.05) is 0 Å². The molecule has 0 heterocycles. The van der Waals surface area contributed by atoms with E-state index in [0.717, 1.165) is 0 Å². The first-order valence-corrected chi connectivity index (χ1v) is 5.85. The summed E-state index contributed by atoms with van der Waals surface area (Å²) in [5, 5.41) is 5.61. The molecule has 0 aromatic heterocycles. The fourth-order valence-corrected chi connectivity index (χ4v) is 1.35. The summed E-state index contributed by atoms with van der Waals surface area (Å²) in [6, 6.07) is -0.334. The van der Waals surface area contributed by atoms with E-state index in [2.05, 4.69) is 10.6 Å². The highest BCUT2D eigenvalue weighted by Gasteiger charge is 2.14. The molecule has 0 aromatic carbocycles. The maximum Gasteiger partial charge on any atom is 0.236 e. The summed E-state index contributed by atoms with van der Waals surface area (Å²) >= 11 is 0. The molecule has 16 heavy (non-hydrogen) atoms. The second-order valence-electron chi connectivity index (χ2n) is 3.56. The number of nitrogens with one attached hydrogen (secondary N) is 2. The van der Waals surface area contributed by atoms with Gasteiger partial charge in [-0.2, -0.15) is 0 Å². The predicted molar refractivity (Wildman–Crippen MR) is 64.1 cm³/mol. The van der Waals surface area contributed by atoms with Crippen molar-refractivity contribution in [3.05, 3.63) is 0 Å². The number of carbonyl (C=O) groups is 2. The molecule has 0 spiro atoms. The zero-order chi connectivity index (χ0) is 12.6. The number of hydrogen-bond donors (Lipinski definition) is 2. The minimum atomic E-state index is -0.334. The topological polar surface area (TPSA) is 61.4 Å². The van der Waals surface area contributed by atoms with Gasteiger partial charge in [0.05, 0.1) is 12.6 Å². The highest BCUT2D eigenvalue weighted by atomic mass is 16.2. The van der Waals surface area contributed by atoms with Crippen molar-refractivity contribution in [1.82, 2.24) is 15.5 Å². The summed E-state index contributed by atoms with van der Waals surface area (Å²) in [6.45, 7) is 9.71. The number of hydrogen-bond acceptors (Lipinski definition) is 3. The largest absolute Gasteiger partial charge is 0.355 e. The Labute approximate surface area is 97.6 Å². The molecule has 94 valence electrons. The monoisotopic (exact) mass is 229 g/mol. The summed E-state index contributed by atoms with van der Waals surface area (Å²) in [5.74, 6) is -0.0454. The molecule has 1 unspecified atom stereocenters. The molecular formula is C11H23N3O2. The third-order valence-electron chi connectivity index (χ3n) is 2.42. The number of amides is 2. The molecule has 0 saturated heterocycles. The van der Waals surface area contributed by atoms with Crippen LogP contribution in [0.25, 0.3) is 0 Å². The third kappa shape index (κ3) is 5.11. The first-order valence-electron chi connectivity index (χ1n) is 5.85. The molecule has 0 aliphatic rings. The fourth-order valence-electron chi connectivity index (χ4n) is 1.35. The second kappa shape index (κ2) is 8.10. The van der Waals surface area contributed by atoms with E-state index >= 15 is 0 Å². The van der Waals surface area contributed by atoms with Crippen molar-refractivity contribution in [2.45, 2.75) is 33.7 Å². The fraction of sp³-hybridized carbons (Fsp3) is 0.818. The Morgan fingerprint density at radius 1 is 1.19 bits per heavy atom. The van der Waals surface area contributed by atoms with Crippen LogP contribution in [0.1, 0.15) is 27.7 Å². The van der Waals surface area contributed by atoms with Crippen LogP contribution < -0.4 is 10.6 Å². The van der Waals surface area contributed by atoms with Crippen molar-refractivity contribution < 1.29 is 9.59 Å². The Bertz CT molecular complexity index is 227. The van der Waals surface area contributed by atoms with E-state index in [1.807, 2.05) is 20.8 Å². The predicted octanol–water partition coefficient (Wildman–Crippen LogP) is -0.0310. The molecule has 2 amide bonds. The Hall–Kier alpha value is -1.10. The van der Waals surface area contributed by atoms with Crippen LogP contribution in [0, 0.1) is 0 Å². The van der Waals surface area contributed by atoms with Crippen LogP contribution in [0.5, 0.6) is 0 Å². The van der Waals surface area contributed by atoms with E-state index in [0.29, 0.717) is 19.6 Å². The average Bonchev–Trinajstić information content (AvgIpc) is 2.27. The third-order valence-corrected chi connectivity index (χ3v) is 2.42. The lowest BCUT2D eigenvalue weighted by Crippen LogP contribution is -2.46. The zero-order valence-electron chi connectivity index (χ0n) is 10.7. The second-order valence-corrected chi connectivity index (χ2v) is 3.56. The van der Waals surface area contributed by atoms with Gasteiger partial charge in [-0.05, 0) is 27.7 Å². The molecule has 0 aliphatic carbocycles.